The highest BCUT2D eigenvalue weighted by Crippen LogP contribution is 2.23. The van der Waals surface area contributed by atoms with Crippen LogP contribution in [0.4, 0.5) is 0 Å². The molecule has 0 radical (unpaired) electrons. The minimum atomic E-state index is -1.11. The first-order valence-electron chi connectivity index (χ1n) is 7.49. The van der Waals surface area contributed by atoms with Gasteiger partial charge in [-0.15, -0.1) is 0 Å². The topological polar surface area (TPSA) is 81.1 Å². The Morgan fingerprint density at radius 3 is 2.80 bits per heavy atom. The van der Waals surface area contributed by atoms with Crippen LogP contribution in [-0.4, -0.2) is 26.2 Å². The summed E-state index contributed by atoms with van der Waals surface area (Å²) in [5, 5.41) is 8.99. The SMILES string of the molecule is Cc1nc2c(n1CCCCC(C)(N)C(=O)O)CCCC2. The van der Waals surface area contributed by atoms with Crippen molar-refractivity contribution in [1.29, 1.82) is 0 Å². The van der Waals surface area contributed by atoms with Crippen LogP contribution < -0.4 is 5.73 Å². The molecule has 0 bridgehead atoms. The number of aromatic nitrogens is 2. The van der Waals surface area contributed by atoms with Crippen LogP contribution in [0.3, 0.4) is 0 Å². The highest BCUT2D eigenvalue weighted by molar-refractivity contribution is 5.77. The van der Waals surface area contributed by atoms with Crippen LogP contribution in [0.1, 0.15) is 56.2 Å². The van der Waals surface area contributed by atoms with Gasteiger partial charge in [0, 0.05) is 12.2 Å². The average Bonchev–Trinajstić information content (AvgIpc) is 2.70. The minimum Gasteiger partial charge on any atom is -0.480 e. The summed E-state index contributed by atoms with van der Waals surface area (Å²) in [4.78, 5) is 15.6. The average molecular weight is 279 g/mol. The summed E-state index contributed by atoms with van der Waals surface area (Å²) in [6.07, 6.45) is 7.00. The van der Waals surface area contributed by atoms with Gasteiger partial charge in [-0.05, 0) is 58.8 Å². The Balaban J connectivity index is 1.89. The van der Waals surface area contributed by atoms with Crippen LogP contribution in [0, 0.1) is 6.92 Å². The summed E-state index contributed by atoms with van der Waals surface area (Å²) in [7, 11) is 0. The largest absolute Gasteiger partial charge is 0.480 e. The molecule has 2 rings (SSSR count). The smallest absolute Gasteiger partial charge is 0.323 e. The highest BCUT2D eigenvalue weighted by Gasteiger charge is 2.27. The second kappa shape index (κ2) is 5.95. The zero-order valence-corrected chi connectivity index (χ0v) is 12.5. The first kappa shape index (κ1) is 15.0. The number of fused-ring (bicyclic) bond motifs is 1. The molecule has 0 spiro atoms. The van der Waals surface area contributed by atoms with E-state index < -0.39 is 11.5 Å². The molecule has 0 aromatic carbocycles. The molecule has 1 aromatic rings. The van der Waals surface area contributed by atoms with Gasteiger partial charge in [0.25, 0.3) is 0 Å². The van der Waals surface area contributed by atoms with Crippen LogP contribution in [0.15, 0.2) is 0 Å². The van der Waals surface area contributed by atoms with Gasteiger partial charge in [0.2, 0.25) is 0 Å². The van der Waals surface area contributed by atoms with Crippen LogP contribution >= 0.6 is 0 Å². The van der Waals surface area contributed by atoms with Crippen molar-refractivity contribution < 1.29 is 9.90 Å². The van der Waals surface area contributed by atoms with Gasteiger partial charge in [0.15, 0.2) is 0 Å². The van der Waals surface area contributed by atoms with Crippen LogP contribution in [0.25, 0.3) is 0 Å². The van der Waals surface area contributed by atoms with Crippen molar-refractivity contribution in [2.75, 3.05) is 0 Å². The van der Waals surface area contributed by atoms with Gasteiger partial charge in [-0.2, -0.15) is 0 Å². The van der Waals surface area contributed by atoms with Gasteiger partial charge in [0.1, 0.15) is 11.4 Å². The zero-order valence-electron chi connectivity index (χ0n) is 12.5. The molecular formula is C15H25N3O2. The van der Waals surface area contributed by atoms with E-state index in [-0.39, 0.29) is 0 Å². The van der Waals surface area contributed by atoms with Crippen molar-refractivity contribution in [1.82, 2.24) is 9.55 Å². The van der Waals surface area contributed by atoms with Crippen LogP contribution in [-0.2, 0) is 24.2 Å². The number of aryl methyl sites for hydroxylation is 2. The third-order valence-corrected chi connectivity index (χ3v) is 4.24. The summed E-state index contributed by atoms with van der Waals surface area (Å²) in [6.45, 7) is 4.56. The summed E-state index contributed by atoms with van der Waals surface area (Å²) in [5.74, 6) is 0.166. The lowest BCUT2D eigenvalue weighted by Crippen LogP contribution is -2.44. The monoisotopic (exact) mass is 279 g/mol. The number of nitrogens with zero attached hydrogens (tertiary/aromatic N) is 2. The van der Waals surface area contributed by atoms with Crippen molar-refractivity contribution >= 4 is 5.97 Å². The second-order valence-corrected chi connectivity index (χ2v) is 6.09. The molecule has 5 heteroatoms. The molecule has 1 unspecified atom stereocenters. The van der Waals surface area contributed by atoms with Crippen LogP contribution in [0.5, 0.6) is 0 Å². The molecule has 20 heavy (non-hydrogen) atoms. The fourth-order valence-electron chi connectivity index (χ4n) is 2.90. The lowest BCUT2D eigenvalue weighted by Gasteiger charge is -2.19. The van der Waals surface area contributed by atoms with Gasteiger partial charge in [-0.25, -0.2) is 4.98 Å². The molecule has 112 valence electrons. The quantitative estimate of drug-likeness (QED) is 0.781. The van der Waals surface area contributed by atoms with Gasteiger partial charge in [0.05, 0.1) is 5.69 Å². The van der Waals surface area contributed by atoms with E-state index in [2.05, 4.69) is 16.5 Å². The molecule has 1 heterocycles. The molecule has 0 aliphatic heterocycles. The molecule has 1 aromatic heterocycles. The molecule has 1 aliphatic rings. The molecule has 0 saturated carbocycles. The number of aliphatic carboxylic acids is 1. The number of carbonyl (C=O) groups is 1. The van der Waals surface area contributed by atoms with E-state index in [9.17, 15) is 4.79 Å². The standard InChI is InChI=1S/C15H25N3O2/c1-11-17-12-7-3-4-8-13(12)18(11)10-6-5-9-15(2,16)14(19)20/h3-10,16H2,1-2H3,(H,19,20). The maximum atomic E-state index is 10.9. The number of hydrogen-bond acceptors (Lipinski definition) is 3. The number of imidazole rings is 1. The summed E-state index contributed by atoms with van der Waals surface area (Å²) >= 11 is 0. The Hall–Kier alpha value is -1.36. The Bertz CT molecular complexity index is 492. The molecule has 3 N–H and O–H groups in total. The van der Waals surface area contributed by atoms with Crippen molar-refractivity contribution in [3.8, 4) is 0 Å². The number of rotatable bonds is 6. The molecule has 0 amide bonds. The summed E-state index contributed by atoms with van der Waals surface area (Å²) < 4.78 is 2.31. The third kappa shape index (κ3) is 3.20. The fraction of sp³-hybridized carbons (Fsp3) is 0.733. The maximum Gasteiger partial charge on any atom is 0.323 e. The third-order valence-electron chi connectivity index (χ3n) is 4.24. The van der Waals surface area contributed by atoms with Crippen molar-refractivity contribution in [3.63, 3.8) is 0 Å². The zero-order chi connectivity index (χ0) is 14.8. The van der Waals surface area contributed by atoms with E-state index in [1.807, 2.05) is 0 Å². The summed E-state index contributed by atoms with van der Waals surface area (Å²) in [6, 6.07) is 0. The van der Waals surface area contributed by atoms with E-state index >= 15 is 0 Å². The fourth-order valence-corrected chi connectivity index (χ4v) is 2.90. The number of carboxylic acids is 1. The lowest BCUT2D eigenvalue weighted by atomic mass is 9.96. The first-order chi connectivity index (χ1) is 9.42. The van der Waals surface area contributed by atoms with E-state index in [0.717, 1.165) is 38.1 Å². The molecule has 5 nitrogen and oxygen atoms in total. The molecule has 0 fully saturated rings. The molecule has 1 aliphatic carbocycles. The van der Waals surface area contributed by atoms with Gasteiger partial charge in [-0.3, -0.25) is 4.79 Å². The Kier molecular flexibility index (Phi) is 4.48. The highest BCUT2D eigenvalue weighted by atomic mass is 16.4. The Labute approximate surface area is 120 Å². The predicted octanol–water partition coefficient (Wildman–Crippen LogP) is 2.04. The minimum absolute atomic E-state index is 0.512. The van der Waals surface area contributed by atoms with Crippen LogP contribution in [0.2, 0.25) is 0 Å². The van der Waals surface area contributed by atoms with E-state index in [1.54, 1.807) is 6.92 Å². The summed E-state index contributed by atoms with van der Waals surface area (Å²) in [5.41, 5.74) is 7.29. The lowest BCUT2D eigenvalue weighted by molar-refractivity contribution is -0.142. The first-order valence-corrected chi connectivity index (χ1v) is 7.49. The number of carboxylic acid groups (broad SMARTS) is 1. The van der Waals surface area contributed by atoms with Gasteiger partial charge >= 0.3 is 5.97 Å². The maximum absolute atomic E-state index is 10.9. The number of hydrogen-bond donors (Lipinski definition) is 2. The predicted molar refractivity (Wildman–Crippen MR) is 77.7 cm³/mol. The van der Waals surface area contributed by atoms with Crippen molar-refractivity contribution in [2.45, 2.75) is 70.9 Å². The normalized spacial score (nSPS) is 17.6. The van der Waals surface area contributed by atoms with E-state index in [1.165, 1.54) is 24.2 Å². The number of unbranched alkanes of at least 4 members (excludes halogenated alkanes) is 1. The number of nitrogens with two attached hydrogens (primary N) is 1. The second-order valence-electron chi connectivity index (χ2n) is 6.09. The van der Waals surface area contributed by atoms with Gasteiger partial charge in [-0.1, -0.05) is 0 Å². The Morgan fingerprint density at radius 2 is 2.10 bits per heavy atom. The molecule has 1 atom stereocenters. The van der Waals surface area contributed by atoms with Gasteiger partial charge < -0.3 is 15.4 Å². The molecular weight excluding hydrogens is 254 g/mol. The Morgan fingerprint density at radius 1 is 1.40 bits per heavy atom. The molecule has 0 saturated heterocycles. The van der Waals surface area contributed by atoms with E-state index in [4.69, 9.17) is 10.8 Å². The van der Waals surface area contributed by atoms with Crippen molar-refractivity contribution in [2.24, 2.45) is 5.73 Å². The van der Waals surface area contributed by atoms with Crippen molar-refractivity contribution in [3.05, 3.63) is 17.2 Å². The van der Waals surface area contributed by atoms with E-state index in [0.29, 0.717) is 6.42 Å².